The number of hydrogen-bond donors (Lipinski definition) is 2. The van der Waals surface area contributed by atoms with E-state index in [1.54, 1.807) is 24.3 Å². The summed E-state index contributed by atoms with van der Waals surface area (Å²) in [5.41, 5.74) is 3.95. The van der Waals surface area contributed by atoms with Crippen LogP contribution in [-0.2, 0) is 22.4 Å². The first-order chi connectivity index (χ1) is 13.4. The molecular formula is C22H24N2O4. The van der Waals surface area contributed by atoms with E-state index in [-0.39, 0.29) is 24.8 Å². The molecule has 1 atom stereocenters. The quantitative estimate of drug-likeness (QED) is 0.803. The standard InChI is InChI=1S/C22H24N2O4/c1-3-14-7-5-8-15(4-2)20(14)23-21(26)16-9-6-10-18(11-16)24-13-17(22(27)28)12-19(24)25/h5-11,17H,3-4,12-13H2,1-2H3,(H,23,26)(H,27,28)/t17-/m1/s1. The normalized spacial score (nSPS) is 16.3. The number of carbonyl (C=O) groups excluding carboxylic acids is 2. The third kappa shape index (κ3) is 3.91. The first-order valence-electron chi connectivity index (χ1n) is 9.49. The smallest absolute Gasteiger partial charge is 0.308 e. The zero-order chi connectivity index (χ0) is 20.3. The van der Waals surface area contributed by atoms with E-state index in [9.17, 15) is 14.4 Å². The summed E-state index contributed by atoms with van der Waals surface area (Å²) in [7, 11) is 0. The zero-order valence-corrected chi connectivity index (χ0v) is 16.1. The van der Waals surface area contributed by atoms with Crippen LogP contribution in [0, 0.1) is 5.92 Å². The van der Waals surface area contributed by atoms with Crippen LogP contribution in [-0.4, -0.2) is 29.4 Å². The monoisotopic (exact) mass is 380 g/mol. The number of aliphatic carboxylic acids is 1. The fraction of sp³-hybridized carbons (Fsp3) is 0.318. The van der Waals surface area contributed by atoms with Crippen molar-refractivity contribution in [1.29, 1.82) is 0 Å². The van der Waals surface area contributed by atoms with Crippen molar-refractivity contribution in [2.24, 2.45) is 5.92 Å². The minimum Gasteiger partial charge on any atom is -0.481 e. The molecule has 0 bridgehead atoms. The van der Waals surface area contributed by atoms with Gasteiger partial charge in [-0.3, -0.25) is 14.4 Å². The molecule has 2 N–H and O–H groups in total. The van der Waals surface area contributed by atoms with Gasteiger partial charge in [0.25, 0.3) is 5.91 Å². The first-order valence-corrected chi connectivity index (χ1v) is 9.49. The van der Waals surface area contributed by atoms with E-state index < -0.39 is 11.9 Å². The highest BCUT2D eigenvalue weighted by Crippen LogP contribution is 2.27. The minimum absolute atomic E-state index is 0.0184. The Labute approximate surface area is 164 Å². The maximum atomic E-state index is 12.9. The van der Waals surface area contributed by atoms with Crippen LogP contribution in [0.3, 0.4) is 0 Å². The number of nitrogens with zero attached hydrogens (tertiary/aromatic N) is 1. The third-order valence-electron chi connectivity index (χ3n) is 5.13. The average Bonchev–Trinajstić information content (AvgIpc) is 3.10. The molecule has 0 aliphatic carbocycles. The van der Waals surface area contributed by atoms with Crippen molar-refractivity contribution in [2.75, 3.05) is 16.8 Å². The van der Waals surface area contributed by atoms with Crippen LogP contribution in [0.2, 0.25) is 0 Å². The third-order valence-corrected chi connectivity index (χ3v) is 5.13. The van der Waals surface area contributed by atoms with Crippen LogP contribution < -0.4 is 10.2 Å². The number of aryl methyl sites for hydroxylation is 2. The molecule has 6 heteroatoms. The summed E-state index contributed by atoms with van der Waals surface area (Å²) in [5, 5.41) is 12.2. The molecule has 6 nitrogen and oxygen atoms in total. The Morgan fingerprint density at radius 2 is 1.75 bits per heavy atom. The number of anilines is 2. The van der Waals surface area contributed by atoms with Gasteiger partial charge < -0.3 is 15.3 Å². The highest BCUT2D eigenvalue weighted by Gasteiger charge is 2.35. The van der Waals surface area contributed by atoms with Gasteiger partial charge in [-0.25, -0.2) is 0 Å². The maximum Gasteiger partial charge on any atom is 0.308 e. The van der Waals surface area contributed by atoms with E-state index in [4.69, 9.17) is 5.11 Å². The van der Waals surface area contributed by atoms with Gasteiger partial charge in [0.1, 0.15) is 0 Å². The molecule has 2 aromatic carbocycles. The molecule has 1 saturated heterocycles. The van der Waals surface area contributed by atoms with Crippen LogP contribution in [0.4, 0.5) is 11.4 Å². The summed E-state index contributed by atoms with van der Waals surface area (Å²) in [6.07, 6.45) is 1.60. The number of carbonyl (C=O) groups is 3. The van der Waals surface area contributed by atoms with E-state index >= 15 is 0 Å². The number of nitrogens with one attached hydrogen (secondary N) is 1. The van der Waals surface area contributed by atoms with Crippen molar-refractivity contribution >= 4 is 29.2 Å². The van der Waals surface area contributed by atoms with Crippen LogP contribution in [0.25, 0.3) is 0 Å². The number of benzene rings is 2. The Bertz CT molecular complexity index is 900. The summed E-state index contributed by atoms with van der Waals surface area (Å²) in [5.74, 6) is -2.19. The maximum absolute atomic E-state index is 12.9. The molecule has 2 amide bonds. The number of hydrogen-bond acceptors (Lipinski definition) is 3. The van der Waals surface area contributed by atoms with Gasteiger partial charge in [0.2, 0.25) is 5.91 Å². The number of amides is 2. The molecule has 0 aromatic heterocycles. The van der Waals surface area contributed by atoms with Crippen LogP contribution in [0.5, 0.6) is 0 Å². The number of carboxylic acids is 1. The Morgan fingerprint density at radius 3 is 2.32 bits per heavy atom. The van der Waals surface area contributed by atoms with Gasteiger partial charge in [-0.1, -0.05) is 38.1 Å². The molecule has 0 radical (unpaired) electrons. The molecule has 1 aliphatic rings. The van der Waals surface area contributed by atoms with Gasteiger partial charge in [-0.15, -0.1) is 0 Å². The summed E-state index contributed by atoms with van der Waals surface area (Å²) in [6.45, 7) is 4.21. The fourth-order valence-electron chi connectivity index (χ4n) is 3.53. The second kappa shape index (κ2) is 8.25. The van der Waals surface area contributed by atoms with E-state index in [2.05, 4.69) is 5.32 Å². The van der Waals surface area contributed by atoms with Crippen molar-refractivity contribution in [1.82, 2.24) is 0 Å². The zero-order valence-electron chi connectivity index (χ0n) is 16.1. The Hall–Kier alpha value is -3.15. The topological polar surface area (TPSA) is 86.7 Å². The van der Waals surface area contributed by atoms with Gasteiger partial charge in [-0.2, -0.15) is 0 Å². The first kappa shape index (κ1) is 19.6. The highest BCUT2D eigenvalue weighted by atomic mass is 16.4. The Balaban J connectivity index is 1.84. The average molecular weight is 380 g/mol. The predicted molar refractivity (Wildman–Crippen MR) is 108 cm³/mol. The molecule has 2 aromatic rings. The summed E-state index contributed by atoms with van der Waals surface area (Å²) in [6, 6.07) is 12.7. The lowest BCUT2D eigenvalue weighted by atomic mass is 10.0. The largest absolute Gasteiger partial charge is 0.481 e. The fourth-order valence-corrected chi connectivity index (χ4v) is 3.53. The van der Waals surface area contributed by atoms with Gasteiger partial charge in [-0.05, 0) is 42.2 Å². The van der Waals surface area contributed by atoms with E-state index in [1.165, 1.54) is 4.90 Å². The van der Waals surface area contributed by atoms with E-state index in [0.29, 0.717) is 11.3 Å². The van der Waals surface area contributed by atoms with Crippen molar-refractivity contribution in [3.8, 4) is 0 Å². The molecule has 0 spiro atoms. The lowest BCUT2D eigenvalue weighted by Crippen LogP contribution is -2.26. The molecule has 3 rings (SSSR count). The molecule has 1 aliphatic heterocycles. The SMILES string of the molecule is CCc1cccc(CC)c1NC(=O)c1cccc(N2C[C@H](C(=O)O)CC2=O)c1. The van der Waals surface area contributed by atoms with Gasteiger partial charge in [0.05, 0.1) is 5.92 Å². The molecule has 0 saturated carbocycles. The molecule has 1 heterocycles. The Morgan fingerprint density at radius 1 is 1.11 bits per heavy atom. The summed E-state index contributed by atoms with van der Waals surface area (Å²) < 4.78 is 0. The molecular weight excluding hydrogens is 356 g/mol. The summed E-state index contributed by atoms with van der Waals surface area (Å²) >= 11 is 0. The Kier molecular flexibility index (Phi) is 5.78. The van der Waals surface area contributed by atoms with E-state index in [0.717, 1.165) is 29.7 Å². The van der Waals surface area contributed by atoms with Gasteiger partial charge in [0, 0.05) is 29.9 Å². The summed E-state index contributed by atoms with van der Waals surface area (Å²) in [4.78, 5) is 37.7. The number of carboxylic acid groups (broad SMARTS) is 1. The van der Waals surface area contributed by atoms with Crippen LogP contribution in [0.1, 0.15) is 41.8 Å². The lowest BCUT2D eigenvalue weighted by Gasteiger charge is -2.18. The van der Waals surface area contributed by atoms with Crippen molar-refractivity contribution in [3.05, 3.63) is 59.2 Å². The van der Waals surface area contributed by atoms with Crippen LogP contribution in [0.15, 0.2) is 42.5 Å². The molecule has 1 fully saturated rings. The predicted octanol–water partition coefficient (Wildman–Crippen LogP) is 3.50. The van der Waals surface area contributed by atoms with E-state index in [1.807, 2.05) is 32.0 Å². The number of rotatable bonds is 6. The van der Waals surface area contributed by atoms with Crippen molar-refractivity contribution < 1.29 is 19.5 Å². The van der Waals surface area contributed by atoms with Gasteiger partial charge >= 0.3 is 5.97 Å². The molecule has 0 unspecified atom stereocenters. The minimum atomic E-state index is -0.979. The highest BCUT2D eigenvalue weighted by molar-refractivity contribution is 6.06. The number of para-hydroxylation sites is 1. The molecule has 146 valence electrons. The van der Waals surface area contributed by atoms with Gasteiger partial charge in [0.15, 0.2) is 0 Å². The van der Waals surface area contributed by atoms with Crippen molar-refractivity contribution in [3.63, 3.8) is 0 Å². The van der Waals surface area contributed by atoms with Crippen molar-refractivity contribution in [2.45, 2.75) is 33.1 Å². The second-order valence-electron chi connectivity index (χ2n) is 6.91. The lowest BCUT2D eigenvalue weighted by molar-refractivity contribution is -0.141. The van der Waals surface area contributed by atoms with Crippen LogP contribution >= 0.6 is 0 Å². The molecule has 28 heavy (non-hydrogen) atoms. The second-order valence-corrected chi connectivity index (χ2v) is 6.91.